The van der Waals surface area contributed by atoms with E-state index < -0.39 is 0 Å². The number of hydrogen-bond acceptors (Lipinski definition) is 5. The van der Waals surface area contributed by atoms with Crippen molar-refractivity contribution in [3.05, 3.63) is 35.5 Å². The molecule has 2 rings (SSSR count). The van der Waals surface area contributed by atoms with Crippen molar-refractivity contribution < 1.29 is 4.42 Å². The van der Waals surface area contributed by atoms with E-state index in [4.69, 9.17) is 10.2 Å². The van der Waals surface area contributed by atoms with Gasteiger partial charge >= 0.3 is 0 Å². The molecule has 0 saturated heterocycles. The van der Waals surface area contributed by atoms with Crippen molar-refractivity contribution in [3.8, 4) is 0 Å². The van der Waals surface area contributed by atoms with Crippen molar-refractivity contribution in [3.63, 3.8) is 0 Å². The van der Waals surface area contributed by atoms with Crippen molar-refractivity contribution in [2.75, 3.05) is 0 Å². The van der Waals surface area contributed by atoms with Crippen LogP contribution in [0.15, 0.2) is 32.9 Å². The van der Waals surface area contributed by atoms with Crippen molar-refractivity contribution >= 4 is 11.8 Å². The Morgan fingerprint density at radius 3 is 2.88 bits per heavy atom. The average molecular weight is 235 g/mol. The van der Waals surface area contributed by atoms with Crippen LogP contribution < -0.4 is 5.73 Å². The molecule has 0 radical (unpaired) electrons. The molecule has 0 spiro atoms. The number of pyridine rings is 1. The van der Waals surface area contributed by atoms with Crippen molar-refractivity contribution in [2.24, 2.45) is 5.73 Å². The van der Waals surface area contributed by atoms with Crippen LogP contribution in [0.1, 0.15) is 17.1 Å². The predicted molar refractivity (Wildman–Crippen MR) is 62.2 cm³/mol. The van der Waals surface area contributed by atoms with E-state index in [1.54, 1.807) is 6.20 Å². The molecule has 0 aliphatic carbocycles. The fourth-order valence-electron chi connectivity index (χ4n) is 1.25. The molecule has 0 aliphatic rings. The van der Waals surface area contributed by atoms with Crippen LogP contribution in [0.2, 0.25) is 0 Å². The summed E-state index contributed by atoms with van der Waals surface area (Å²) in [4.78, 5) is 9.51. The van der Waals surface area contributed by atoms with Gasteiger partial charge in [-0.15, -0.1) is 0 Å². The molecule has 5 heteroatoms. The Morgan fingerprint density at radius 2 is 2.25 bits per heavy atom. The molecule has 0 amide bonds. The quantitative estimate of drug-likeness (QED) is 0.884. The van der Waals surface area contributed by atoms with Gasteiger partial charge in [-0.3, -0.25) is 4.98 Å². The maximum Gasteiger partial charge on any atom is 0.261 e. The van der Waals surface area contributed by atoms with E-state index in [0.717, 1.165) is 22.0 Å². The Morgan fingerprint density at radius 1 is 1.44 bits per heavy atom. The van der Waals surface area contributed by atoms with Gasteiger partial charge in [-0.2, -0.15) is 0 Å². The lowest BCUT2D eigenvalue weighted by atomic mass is 10.3. The second-order valence-electron chi connectivity index (χ2n) is 3.38. The van der Waals surface area contributed by atoms with E-state index in [1.165, 1.54) is 11.8 Å². The molecule has 2 N–H and O–H groups in total. The number of rotatable bonds is 3. The molecule has 4 nitrogen and oxygen atoms in total. The first-order valence-electron chi connectivity index (χ1n) is 4.96. The lowest BCUT2D eigenvalue weighted by Crippen LogP contribution is -2.00. The minimum absolute atomic E-state index is 0.418. The average Bonchev–Trinajstić information content (AvgIpc) is 2.59. The van der Waals surface area contributed by atoms with Gasteiger partial charge in [0.2, 0.25) is 0 Å². The van der Waals surface area contributed by atoms with E-state index in [2.05, 4.69) is 9.97 Å². The van der Waals surface area contributed by atoms with Crippen molar-refractivity contribution in [2.45, 2.75) is 30.5 Å². The summed E-state index contributed by atoms with van der Waals surface area (Å²) in [6, 6.07) is 3.85. The van der Waals surface area contributed by atoms with Crippen LogP contribution >= 0.6 is 11.8 Å². The van der Waals surface area contributed by atoms with Crippen LogP contribution in [0, 0.1) is 13.8 Å². The highest BCUT2D eigenvalue weighted by Crippen LogP contribution is 2.29. The first-order valence-corrected chi connectivity index (χ1v) is 5.78. The number of oxazole rings is 1. The number of aromatic nitrogens is 2. The largest absolute Gasteiger partial charge is 0.436 e. The van der Waals surface area contributed by atoms with Crippen molar-refractivity contribution in [1.82, 2.24) is 9.97 Å². The van der Waals surface area contributed by atoms with Crippen LogP contribution in [-0.2, 0) is 6.54 Å². The summed E-state index contributed by atoms with van der Waals surface area (Å²) in [6.45, 7) is 4.25. The molecule has 0 atom stereocenters. The van der Waals surface area contributed by atoms with E-state index in [9.17, 15) is 0 Å². The standard InChI is InChI=1S/C11H13N3OS/c1-7-8(2)15-11(14-7)16-10-4-3-5-13-9(10)6-12/h3-5H,6,12H2,1-2H3. The molecule has 0 aliphatic heterocycles. The summed E-state index contributed by atoms with van der Waals surface area (Å²) in [5.74, 6) is 0.848. The van der Waals surface area contributed by atoms with Crippen molar-refractivity contribution in [1.29, 1.82) is 0 Å². The van der Waals surface area contributed by atoms with E-state index >= 15 is 0 Å². The number of hydrogen-bond donors (Lipinski definition) is 1. The summed E-state index contributed by atoms with van der Waals surface area (Å²) in [5, 5.41) is 0.637. The van der Waals surface area contributed by atoms with Gasteiger partial charge in [0, 0.05) is 17.6 Å². The van der Waals surface area contributed by atoms with Gasteiger partial charge in [0.25, 0.3) is 5.22 Å². The number of nitrogens with two attached hydrogens (primary N) is 1. The molecule has 84 valence electrons. The smallest absolute Gasteiger partial charge is 0.261 e. The maximum atomic E-state index is 5.61. The van der Waals surface area contributed by atoms with Gasteiger partial charge < -0.3 is 10.2 Å². The maximum absolute atomic E-state index is 5.61. The van der Waals surface area contributed by atoms with Crippen LogP contribution in [0.5, 0.6) is 0 Å². The molecule has 0 unspecified atom stereocenters. The highest BCUT2D eigenvalue weighted by molar-refractivity contribution is 7.99. The van der Waals surface area contributed by atoms with E-state index in [1.807, 2.05) is 26.0 Å². The highest BCUT2D eigenvalue weighted by atomic mass is 32.2. The molecule has 0 bridgehead atoms. The van der Waals surface area contributed by atoms with Gasteiger partial charge in [-0.25, -0.2) is 4.98 Å². The molecular weight excluding hydrogens is 222 g/mol. The van der Waals surface area contributed by atoms with Gasteiger partial charge in [0.15, 0.2) is 0 Å². The molecule has 0 saturated carbocycles. The lowest BCUT2D eigenvalue weighted by molar-refractivity contribution is 0.431. The minimum atomic E-state index is 0.418. The zero-order chi connectivity index (χ0) is 11.5. The molecule has 0 fully saturated rings. The van der Waals surface area contributed by atoms with Crippen LogP contribution in [0.25, 0.3) is 0 Å². The third kappa shape index (κ3) is 2.25. The summed E-state index contributed by atoms with van der Waals surface area (Å²) in [7, 11) is 0. The second kappa shape index (κ2) is 4.67. The fraction of sp³-hybridized carbons (Fsp3) is 0.273. The van der Waals surface area contributed by atoms with Crippen LogP contribution in [0.3, 0.4) is 0 Å². The molecule has 2 aromatic heterocycles. The first-order chi connectivity index (χ1) is 7.70. The third-order valence-corrected chi connectivity index (χ3v) is 3.19. The van der Waals surface area contributed by atoms with Crippen LogP contribution in [0.4, 0.5) is 0 Å². The normalized spacial score (nSPS) is 10.7. The molecule has 2 heterocycles. The third-order valence-electron chi connectivity index (χ3n) is 2.25. The van der Waals surface area contributed by atoms with Gasteiger partial charge in [0.1, 0.15) is 5.76 Å². The monoisotopic (exact) mass is 235 g/mol. The highest BCUT2D eigenvalue weighted by Gasteiger charge is 2.10. The van der Waals surface area contributed by atoms with Gasteiger partial charge in [-0.05, 0) is 37.7 Å². The second-order valence-corrected chi connectivity index (χ2v) is 4.37. The fourth-order valence-corrected chi connectivity index (χ4v) is 2.19. The minimum Gasteiger partial charge on any atom is -0.436 e. The Kier molecular flexibility index (Phi) is 3.26. The van der Waals surface area contributed by atoms with Gasteiger partial charge in [0.05, 0.1) is 11.4 Å². The Hall–Kier alpha value is -1.33. The van der Waals surface area contributed by atoms with Gasteiger partial charge in [-0.1, -0.05) is 0 Å². The van der Waals surface area contributed by atoms with E-state index in [0.29, 0.717) is 11.8 Å². The van der Waals surface area contributed by atoms with Crippen LogP contribution in [-0.4, -0.2) is 9.97 Å². The summed E-state index contributed by atoms with van der Waals surface area (Å²) in [6.07, 6.45) is 1.73. The Labute approximate surface area is 98.3 Å². The lowest BCUT2D eigenvalue weighted by Gasteiger charge is -2.02. The first kappa shape index (κ1) is 11.2. The summed E-state index contributed by atoms with van der Waals surface area (Å²) < 4.78 is 5.50. The summed E-state index contributed by atoms with van der Waals surface area (Å²) in [5.41, 5.74) is 7.39. The number of aryl methyl sites for hydroxylation is 2. The zero-order valence-electron chi connectivity index (χ0n) is 9.23. The topological polar surface area (TPSA) is 64.9 Å². The predicted octanol–water partition coefficient (Wildman–Crippen LogP) is 2.30. The summed E-state index contributed by atoms with van der Waals surface area (Å²) >= 11 is 1.45. The molecule has 16 heavy (non-hydrogen) atoms. The molecule has 2 aromatic rings. The Bertz CT molecular complexity index is 476. The molecular formula is C11H13N3OS. The van der Waals surface area contributed by atoms with E-state index in [-0.39, 0.29) is 0 Å². The SMILES string of the molecule is Cc1nc(Sc2cccnc2CN)oc1C. The zero-order valence-corrected chi connectivity index (χ0v) is 10.0. The molecule has 0 aromatic carbocycles. The Balaban J connectivity index is 2.26. The number of nitrogens with zero attached hydrogens (tertiary/aromatic N) is 2.